The summed E-state index contributed by atoms with van der Waals surface area (Å²) in [5.74, 6) is 1.60. The Morgan fingerprint density at radius 3 is 2.53 bits per heavy atom. The molecule has 2 amide bonds. The van der Waals surface area contributed by atoms with E-state index < -0.39 is 0 Å². The minimum Gasteiger partial charge on any atom is -0.457 e. The average molecular weight is 514 g/mol. The Morgan fingerprint density at radius 1 is 1.08 bits per heavy atom. The third-order valence-corrected chi connectivity index (χ3v) is 7.19. The Kier molecular flexibility index (Phi) is 7.98. The van der Waals surface area contributed by atoms with Crippen LogP contribution in [0.4, 0.5) is 0 Å². The van der Waals surface area contributed by atoms with Crippen molar-refractivity contribution in [3.8, 4) is 22.8 Å². The number of nitrogens with zero attached hydrogens (tertiary/aromatic N) is 3. The number of aromatic nitrogens is 2. The summed E-state index contributed by atoms with van der Waals surface area (Å²) in [6.07, 6.45) is 3.28. The van der Waals surface area contributed by atoms with Gasteiger partial charge in [-0.15, -0.1) is 0 Å². The fraction of sp³-hybridized carbons (Fsp3) is 0.400. The van der Waals surface area contributed by atoms with Gasteiger partial charge in [0.15, 0.2) is 0 Å². The predicted octanol–water partition coefficient (Wildman–Crippen LogP) is 4.66. The summed E-state index contributed by atoms with van der Waals surface area (Å²) in [5, 5.41) is 15.2. The molecule has 2 aliphatic rings. The van der Waals surface area contributed by atoms with Crippen LogP contribution in [0.5, 0.6) is 11.5 Å². The van der Waals surface area contributed by atoms with E-state index in [0.29, 0.717) is 35.9 Å². The Morgan fingerprint density at radius 2 is 1.87 bits per heavy atom. The van der Waals surface area contributed by atoms with E-state index in [0.717, 1.165) is 61.4 Å². The maximum Gasteiger partial charge on any atom is 0.251 e. The lowest BCUT2D eigenvalue weighted by atomic mass is 10.0. The van der Waals surface area contributed by atoms with Crippen molar-refractivity contribution in [3.05, 3.63) is 71.4 Å². The summed E-state index contributed by atoms with van der Waals surface area (Å²) in [7, 11) is 0. The first-order valence-corrected chi connectivity index (χ1v) is 13.5. The van der Waals surface area contributed by atoms with Crippen molar-refractivity contribution in [1.29, 1.82) is 0 Å². The highest BCUT2D eigenvalue weighted by Gasteiger charge is 2.23. The molecule has 0 bridgehead atoms. The zero-order valence-electron chi connectivity index (χ0n) is 22.1. The van der Waals surface area contributed by atoms with Gasteiger partial charge in [-0.3, -0.25) is 9.59 Å². The fourth-order valence-electron chi connectivity index (χ4n) is 4.86. The largest absolute Gasteiger partial charge is 0.457 e. The van der Waals surface area contributed by atoms with Gasteiger partial charge in [-0.25, -0.2) is 0 Å². The van der Waals surface area contributed by atoms with E-state index in [1.807, 2.05) is 53.4 Å². The van der Waals surface area contributed by atoms with Crippen molar-refractivity contribution < 1.29 is 14.3 Å². The summed E-state index contributed by atoms with van der Waals surface area (Å²) in [4.78, 5) is 27.2. The molecule has 5 rings (SSSR count). The van der Waals surface area contributed by atoms with Crippen LogP contribution in [0.15, 0.2) is 54.6 Å². The molecule has 0 unspecified atom stereocenters. The number of hydrogen-bond acceptors (Lipinski definition) is 6. The molecule has 2 aliphatic heterocycles. The Labute approximate surface area is 223 Å². The van der Waals surface area contributed by atoms with Crippen molar-refractivity contribution in [2.75, 3.05) is 19.6 Å². The molecule has 0 spiro atoms. The molecule has 2 aromatic carbocycles. The minimum atomic E-state index is -0.107. The van der Waals surface area contributed by atoms with Crippen LogP contribution >= 0.6 is 0 Å². The lowest BCUT2D eigenvalue weighted by Crippen LogP contribution is -2.42. The first-order valence-electron chi connectivity index (χ1n) is 13.5. The van der Waals surface area contributed by atoms with Gasteiger partial charge in [-0.1, -0.05) is 19.9 Å². The highest BCUT2D eigenvalue weighted by atomic mass is 16.5. The number of ether oxygens (including phenoxy) is 1. The maximum absolute atomic E-state index is 13.0. The number of piperidine rings is 1. The van der Waals surface area contributed by atoms with E-state index in [2.05, 4.69) is 34.7 Å². The van der Waals surface area contributed by atoms with Crippen molar-refractivity contribution in [2.24, 2.45) is 0 Å². The number of benzene rings is 2. The summed E-state index contributed by atoms with van der Waals surface area (Å²) >= 11 is 0. The van der Waals surface area contributed by atoms with Crippen molar-refractivity contribution in [2.45, 2.75) is 58.0 Å². The smallest absolute Gasteiger partial charge is 0.251 e. The predicted molar refractivity (Wildman–Crippen MR) is 146 cm³/mol. The number of nitrogens with one attached hydrogen (secondary N) is 2. The second-order valence-electron chi connectivity index (χ2n) is 10.4. The monoisotopic (exact) mass is 513 g/mol. The summed E-state index contributed by atoms with van der Waals surface area (Å²) in [6, 6.07) is 17.3. The van der Waals surface area contributed by atoms with Crippen LogP contribution in [0, 0.1) is 0 Å². The fourth-order valence-corrected chi connectivity index (χ4v) is 4.86. The minimum absolute atomic E-state index is 0.107. The van der Waals surface area contributed by atoms with Crippen LogP contribution < -0.4 is 15.4 Å². The average Bonchev–Trinajstić information content (AvgIpc) is 3.34. The molecule has 0 atom stereocenters. The second kappa shape index (κ2) is 11.7. The summed E-state index contributed by atoms with van der Waals surface area (Å²) in [5.41, 5.74) is 4.12. The van der Waals surface area contributed by atoms with Crippen LogP contribution in [0.25, 0.3) is 11.3 Å². The van der Waals surface area contributed by atoms with Gasteiger partial charge in [0.25, 0.3) is 5.91 Å². The molecule has 2 saturated heterocycles. The molecule has 0 saturated carbocycles. The van der Waals surface area contributed by atoms with Crippen LogP contribution in [0.3, 0.4) is 0 Å². The molecule has 38 heavy (non-hydrogen) atoms. The van der Waals surface area contributed by atoms with Crippen molar-refractivity contribution in [1.82, 2.24) is 25.7 Å². The van der Waals surface area contributed by atoms with Crippen LogP contribution in [0.2, 0.25) is 0 Å². The number of hydrogen-bond donors (Lipinski definition) is 2. The van der Waals surface area contributed by atoms with E-state index in [-0.39, 0.29) is 17.9 Å². The van der Waals surface area contributed by atoms with E-state index in [9.17, 15) is 9.59 Å². The second-order valence-corrected chi connectivity index (χ2v) is 10.4. The number of amides is 2. The zero-order valence-corrected chi connectivity index (χ0v) is 22.1. The number of likely N-dealkylation sites (tertiary alicyclic amines) is 1. The standard InChI is InChI=1S/C30H35N5O3/c1-20(2)26-11-12-27(34-33-26)21-7-9-25(10-8-21)38-28-18-22(30(37)32-24-13-15-31-16-14-24)5-6-23(28)19-35-17-3-4-29(35)36/h5-12,18,20,24,31H,3-4,13-17,19H2,1-2H3,(H,32,37). The van der Waals surface area contributed by atoms with Crippen molar-refractivity contribution >= 4 is 11.8 Å². The van der Waals surface area contributed by atoms with E-state index in [1.165, 1.54) is 0 Å². The third kappa shape index (κ3) is 6.19. The highest BCUT2D eigenvalue weighted by Crippen LogP contribution is 2.30. The number of rotatable bonds is 8. The molecule has 0 aliphatic carbocycles. The van der Waals surface area contributed by atoms with Crippen LogP contribution in [-0.2, 0) is 11.3 Å². The van der Waals surface area contributed by atoms with Gasteiger partial charge in [0.1, 0.15) is 11.5 Å². The maximum atomic E-state index is 13.0. The van der Waals surface area contributed by atoms with Gasteiger partial charge in [-0.05, 0) is 86.8 Å². The van der Waals surface area contributed by atoms with Gasteiger partial charge in [0.2, 0.25) is 5.91 Å². The van der Waals surface area contributed by atoms with E-state index in [4.69, 9.17) is 4.74 Å². The highest BCUT2D eigenvalue weighted by molar-refractivity contribution is 5.95. The Balaban J connectivity index is 1.36. The van der Waals surface area contributed by atoms with Crippen molar-refractivity contribution in [3.63, 3.8) is 0 Å². The topological polar surface area (TPSA) is 96.5 Å². The zero-order chi connectivity index (χ0) is 26.5. The van der Waals surface area contributed by atoms with Gasteiger partial charge in [0, 0.05) is 42.2 Å². The van der Waals surface area contributed by atoms with Crippen LogP contribution in [-0.4, -0.2) is 52.6 Å². The third-order valence-electron chi connectivity index (χ3n) is 7.19. The first-order chi connectivity index (χ1) is 18.5. The number of carbonyl (C=O) groups is 2. The lowest BCUT2D eigenvalue weighted by Gasteiger charge is -2.24. The molecule has 2 N–H and O–H groups in total. The van der Waals surface area contributed by atoms with E-state index in [1.54, 1.807) is 6.07 Å². The lowest BCUT2D eigenvalue weighted by molar-refractivity contribution is -0.128. The molecule has 198 valence electrons. The normalized spacial score (nSPS) is 16.2. The molecular formula is C30H35N5O3. The van der Waals surface area contributed by atoms with Gasteiger partial charge >= 0.3 is 0 Å². The Bertz CT molecular complexity index is 1270. The molecule has 1 aromatic heterocycles. The Hall–Kier alpha value is -3.78. The quantitative estimate of drug-likeness (QED) is 0.455. The first kappa shape index (κ1) is 25.9. The molecule has 8 heteroatoms. The van der Waals surface area contributed by atoms with Gasteiger partial charge in [0.05, 0.1) is 11.4 Å². The van der Waals surface area contributed by atoms with Gasteiger partial charge < -0.3 is 20.3 Å². The molecule has 3 aromatic rings. The molecular weight excluding hydrogens is 478 g/mol. The van der Waals surface area contributed by atoms with E-state index >= 15 is 0 Å². The summed E-state index contributed by atoms with van der Waals surface area (Å²) in [6.45, 7) is 7.20. The summed E-state index contributed by atoms with van der Waals surface area (Å²) < 4.78 is 6.31. The molecule has 3 heterocycles. The molecule has 8 nitrogen and oxygen atoms in total. The van der Waals surface area contributed by atoms with Crippen LogP contribution in [0.1, 0.15) is 67.1 Å². The molecule has 2 fully saturated rings. The number of carbonyl (C=O) groups excluding carboxylic acids is 2. The van der Waals surface area contributed by atoms with Gasteiger partial charge in [-0.2, -0.15) is 10.2 Å². The molecule has 0 radical (unpaired) electrons. The SMILES string of the molecule is CC(C)c1ccc(-c2ccc(Oc3cc(C(=O)NC4CCNCC4)ccc3CN3CCCC3=O)cc2)nn1.